The average molecular weight is 433 g/mol. The molecular weight excluding hydrogens is 404 g/mol. The van der Waals surface area contributed by atoms with Crippen molar-refractivity contribution in [2.75, 3.05) is 0 Å². The smallest absolute Gasteiger partial charge is 0.164 e. The number of H-pyrrole nitrogens is 1. The molecule has 0 bridgehead atoms. The van der Waals surface area contributed by atoms with Crippen molar-refractivity contribution in [1.29, 1.82) is 0 Å². The van der Waals surface area contributed by atoms with Gasteiger partial charge in [-0.25, -0.2) is 15.0 Å². The second-order valence-electron chi connectivity index (χ2n) is 8.75. The second-order valence-corrected chi connectivity index (χ2v) is 8.75. The van der Waals surface area contributed by atoms with Crippen LogP contribution in [0.4, 0.5) is 0 Å². The first kappa shape index (κ1) is 22.2. The van der Waals surface area contributed by atoms with E-state index in [2.05, 4.69) is 50.0 Å². The summed E-state index contributed by atoms with van der Waals surface area (Å²) in [5.41, 5.74) is 4.35. The van der Waals surface area contributed by atoms with Crippen molar-refractivity contribution in [2.24, 2.45) is 0 Å². The molecule has 4 nitrogen and oxygen atoms in total. The lowest BCUT2D eigenvalue weighted by Gasteiger charge is -2.19. The molecule has 2 aromatic heterocycles. The Bertz CT molecular complexity index is 1180. The van der Waals surface area contributed by atoms with Gasteiger partial charge in [0.25, 0.3) is 0 Å². The molecule has 1 N–H and O–H groups in total. The van der Waals surface area contributed by atoms with Crippen molar-refractivity contribution in [2.45, 2.75) is 26.2 Å². The van der Waals surface area contributed by atoms with Crippen LogP contribution in [0.3, 0.4) is 0 Å². The van der Waals surface area contributed by atoms with Crippen LogP contribution in [0, 0.1) is 0 Å². The van der Waals surface area contributed by atoms with E-state index in [0.717, 1.165) is 16.7 Å². The summed E-state index contributed by atoms with van der Waals surface area (Å²) in [6, 6.07) is 32.5. The number of nitrogens with zero attached hydrogens (tertiary/aromatic N) is 3. The standard InChI is InChI=1S/C25H23N3.C4H5N/c1-25(2,3)21-16-14-20(15-17-21)24-27-22(18-10-6-4-7-11-18)26-23(28-24)19-12-8-5-9-13-19;1-2-4-5-3-1/h4-17H,1-3H3;1-5H. The topological polar surface area (TPSA) is 54.5 Å². The van der Waals surface area contributed by atoms with Gasteiger partial charge in [-0.05, 0) is 23.1 Å². The molecule has 0 unspecified atom stereocenters. The Morgan fingerprint density at radius 3 is 1.21 bits per heavy atom. The number of aromatic amines is 1. The molecule has 2 heterocycles. The molecule has 0 amide bonds. The van der Waals surface area contributed by atoms with E-state index in [-0.39, 0.29) is 5.41 Å². The normalized spacial score (nSPS) is 10.9. The van der Waals surface area contributed by atoms with Crippen LogP contribution in [-0.2, 0) is 5.41 Å². The maximum Gasteiger partial charge on any atom is 0.164 e. The molecule has 5 rings (SSSR count). The lowest BCUT2D eigenvalue weighted by Crippen LogP contribution is -2.10. The van der Waals surface area contributed by atoms with Crippen LogP contribution in [0.5, 0.6) is 0 Å². The third kappa shape index (κ3) is 5.80. The summed E-state index contributed by atoms with van der Waals surface area (Å²) in [6.07, 6.45) is 3.75. The highest BCUT2D eigenvalue weighted by Gasteiger charge is 2.15. The Morgan fingerprint density at radius 2 is 0.879 bits per heavy atom. The molecule has 0 saturated carbocycles. The summed E-state index contributed by atoms with van der Waals surface area (Å²) in [5.74, 6) is 2.06. The van der Waals surface area contributed by atoms with Crippen LogP contribution >= 0.6 is 0 Å². The number of hydrogen-bond acceptors (Lipinski definition) is 3. The average Bonchev–Trinajstić information content (AvgIpc) is 3.45. The van der Waals surface area contributed by atoms with E-state index < -0.39 is 0 Å². The molecule has 4 heteroatoms. The van der Waals surface area contributed by atoms with Crippen molar-refractivity contribution >= 4 is 0 Å². The number of nitrogens with one attached hydrogen (secondary N) is 1. The van der Waals surface area contributed by atoms with E-state index in [1.54, 1.807) is 0 Å². The minimum absolute atomic E-state index is 0.113. The summed E-state index contributed by atoms with van der Waals surface area (Å²) in [7, 11) is 0. The fraction of sp³-hybridized carbons (Fsp3) is 0.138. The summed E-state index contributed by atoms with van der Waals surface area (Å²) in [4.78, 5) is 17.1. The second kappa shape index (κ2) is 10.0. The van der Waals surface area contributed by atoms with Crippen molar-refractivity contribution in [3.8, 4) is 34.2 Å². The van der Waals surface area contributed by atoms with Gasteiger partial charge >= 0.3 is 0 Å². The molecule has 0 fully saturated rings. The summed E-state index contributed by atoms with van der Waals surface area (Å²) >= 11 is 0. The van der Waals surface area contributed by atoms with E-state index in [9.17, 15) is 0 Å². The summed E-state index contributed by atoms with van der Waals surface area (Å²) < 4.78 is 0. The van der Waals surface area contributed by atoms with Crippen molar-refractivity contribution in [3.63, 3.8) is 0 Å². The molecule has 0 radical (unpaired) electrons. The first-order chi connectivity index (χ1) is 16.0. The van der Waals surface area contributed by atoms with E-state index in [1.165, 1.54) is 5.56 Å². The molecule has 33 heavy (non-hydrogen) atoms. The van der Waals surface area contributed by atoms with E-state index in [4.69, 9.17) is 15.0 Å². The van der Waals surface area contributed by atoms with Gasteiger partial charge in [-0.15, -0.1) is 0 Å². The van der Waals surface area contributed by atoms with E-state index in [1.807, 2.05) is 85.2 Å². The minimum atomic E-state index is 0.113. The minimum Gasteiger partial charge on any atom is -0.368 e. The van der Waals surface area contributed by atoms with Crippen LogP contribution in [0.1, 0.15) is 26.3 Å². The molecule has 0 saturated heterocycles. The Labute approximate surface area is 195 Å². The van der Waals surface area contributed by atoms with Crippen molar-refractivity contribution in [3.05, 3.63) is 115 Å². The van der Waals surface area contributed by atoms with Crippen LogP contribution in [0.2, 0.25) is 0 Å². The summed E-state index contributed by atoms with van der Waals surface area (Å²) in [5, 5.41) is 0. The number of hydrogen-bond donors (Lipinski definition) is 1. The Hall–Kier alpha value is -4.05. The molecule has 3 aromatic carbocycles. The fourth-order valence-corrected chi connectivity index (χ4v) is 3.33. The van der Waals surface area contributed by atoms with Gasteiger partial charge in [0.1, 0.15) is 0 Å². The number of benzene rings is 3. The van der Waals surface area contributed by atoms with Crippen LogP contribution < -0.4 is 0 Å². The van der Waals surface area contributed by atoms with Crippen molar-refractivity contribution in [1.82, 2.24) is 19.9 Å². The van der Waals surface area contributed by atoms with E-state index in [0.29, 0.717) is 17.5 Å². The molecule has 5 aromatic rings. The molecule has 0 atom stereocenters. The van der Waals surface area contributed by atoms with Crippen LogP contribution in [0.25, 0.3) is 34.2 Å². The molecule has 164 valence electrons. The SMILES string of the molecule is CC(C)(C)c1ccc(-c2nc(-c3ccccc3)nc(-c3ccccc3)n2)cc1.c1cc[nH]c1. The maximum atomic E-state index is 4.77. The Balaban J connectivity index is 0.000000459. The van der Waals surface area contributed by atoms with Gasteiger partial charge in [0, 0.05) is 29.1 Å². The molecule has 0 aliphatic rings. The predicted octanol–water partition coefficient (Wildman–Crippen LogP) is 7.18. The highest BCUT2D eigenvalue weighted by Crippen LogP contribution is 2.27. The molecular formula is C29H28N4. The maximum absolute atomic E-state index is 4.77. The number of rotatable bonds is 3. The quantitative estimate of drug-likeness (QED) is 0.328. The van der Waals surface area contributed by atoms with Gasteiger partial charge in [-0.1, -0.05) is 106 Å². The Morgan fingerprint density at radius 1 is 0.485 bits per heavy atom. The van der Waals surface area contributed by atoms with E-state index >= 15 is 0 Å². The molecule has 0 spiro atoms. The largest absolute Gasteiger partial charge is 0.368 e. The lowest BCUT2D eigenvalue weighted by molar-refractivity contribution is 0.590. The number of aromatic nitrogens is 4. The third-order valence-electron chi connectivity index (χ3n) is 5.20. The fourth-order valence-electron chi connectivity index (χ4n) is 3.33. The lowest BCUT2D eigenvalue weighted by atomic mass is 9.87. The van der Waals surface area contributed by atoms with Gasteiger partial charge in [0.2, 0.25) is 0 Å². The van der Waals surface area contributed by atoms with Crippen LogP contribution in [-0.4, -0.2) is 19.9 Å². The van der Waals surface area contributed by atoms with Crippen molar-refractivity contribution < 1.29 is 0 Å². The highest BCUT2D eigenvalue weighted by atomic mass is 15.0. The highest BCUT2D eigenvalue weighted by molar-refractivity contribution is 5.66. The van der Waals surface area contributed by atoms with Gasteiger partial charge < -0.3 is 4.98 Å². The zero-order valence-electron chi connectivity index (χ0n) is 19.2. The van der Waals surface area contributed by atoms with Gasteiger partial charge in [-0.3, -0.25) is 0 Å². The first-order valence-electron chi connectivity index (χ1n) is 11.1. The predicted molar refractivity (Wildman–Crippen MR) is 136 cm³/mol. The van der Waals surface area contributed by atoms with Gasteiger partial charge in [0.05, 0.1) is 0 Å². The molecule has 0 aliphatic heterocycles. The van der Waals surface area contributed by atoms with Crippen LogP contribution in [0.15, 0.2) is 109 Å². The van der Waals surface area contributed by atoms with Gasteiger partial charge in [0.15, 0.2) is 17.5 Å². The zero-order chi connectivity index (χ0) is 23.1. The first-order valence-corrected chi connectivity index (χ1v) is 11.1. The molecule has 0 aliphatic carbocycles. The summed E-state index contributed by atoms with van der Waals surface area (Å²) in [6.45, 7) is 6.64. The zero-order valence-corrected chi connectivity index (χ0v) is 19.2. The Kier molecular flexibility index (Phi) is 6.75. The monoisotopic (exact) mass is 432 g/mol. The third-order valence-corrected chi connectivity index (χ3v) is 5.20. The van der Waals surface area contributed by atoms with Gasteiger partial charge in [-0.2, -0.15) is 0 Å².